The average molecular weight is 273 g/mol. The van der Waals surface area contributed by atoms with Crippen molar-refractivity contribution in [3.63, 3.8) is 0 Å². The minimum Gasteiger partial charge on any atom is -0.488 e. The van der Waals surface area contributed by atoms with Gasteiger partial charge in [-0.3, -0.25) is 9.79 Å². The van der Waals surface area contributed by atoms with Crippen molar-refractivity contribution in [2.45, 2.75) is 38.3 Å². The molecule has 4 nitrogen and oxygen atoms in total. The standard InChI is InChI=1S/C16H19NO3/c1-11(18)16-15(17-16)7-4-12-2-5-13(6-3-12)20-14-8-9-19-10-14/h2-3,5-6,14,16H,4,7-10H2,1H3. The fourth-order valence-corrected chi connectivity index (χ4v) is 2.46. The maximum Gasteiger partial charge on any atom is 0.159 e. The maximum absolute atomic E-state index is 11.1. The van der Waals surface area contributed by atoms with E-state index in [2.05, 4.69) is 17.1 Å². The minimum atomic E-state index is -0.111. The van der Waals surface area contributed by atoms with Crippen molar-refractivity contribution in [2.75, 3.05) is 13.2 Å². The quantitative estimate of drug-likeness (QED) is 0.798. The summed E-state index contributed by atoms with van der Waals surface area (Å²) in [4.78, 5) is 15.3. The summed E-state index contributed by atoms with van der Waals surface area (Å²) in [6.07, 6.45) is 2.96. The molecule has 4 heteroatoms. The van der Waals surface area contributed by atoms with Crippen molar-refractivity contribution in [1.29, 1.82) is 0 Å². The SMILES string of the molecule is CC(=O)C1N=C1CCc1ccc(OC2CCOC2)cc1. The van der Waals surface area contributed by atoms with Gasteiger partial charge in [-0.15, -0.1) is 0 Å². The normalized spacial score (nSPS) is 24.4. The van der Waals surface area contributed by atoms with E-state index in [1.165, 1.54) is 5.56 Å². The van der Waals surface area contributed by atoms with Gasteiger partial charge < -0.3 is 9.47 Å². The third-order valence-corrected chi connectivity index (χ3v) is 3.71. The van der Waals surface area contributed by atoms with Gasteiger partial charge in [0.15, 0.2) is 5.78 Å². The highest BCUT2D eigenvalue weighted by Gasteiger charge is 2.30. The molecular formula is C16H19NO3. The number of carbonyl (C=O) groups is 1. The van der Waals surface area contributed by atoms with E-state index in [1.807, 2.05) is 12.1 Å². The van der Waals surface area contributed by atoms with Crippen LogP contribution in [0.3, 0.4) is 0 Å². The molecule has 0 radical (unpaired) electrons. The van der Waals surface area contributed by atoms with Crippen LogP contribution in [0.5, 0.6) is 5.75 Å². The Bertz CT molecular complexity index is 515. The van der Waals surface area contributed by atoms with Crippen molar-refractivity contribution < 1.29 is 14.3 Å². The number of aliphatic imine (C=N–C) groups is 1. The molecule has 1 aromatic rings. The summed E-state index contributed by atoms with van der Waals surface area (Å²) < 4.78 is 11.1. The van der Waals surface area contributed by atoms with E-state index in [-0.39, 0.29) is 17.9 Å². The van der Waals surface area contributed by atoms with Gasteiger partial charge in [0.1, 0.15) is 17.9 Å². The Morgan fingerprint density at radius 3 is 2.75 bits per heavy atom. The molecule has 0 saturated carbocycles. The minimum absolute atomic E-state index is 0.111. The Balaban J connectivity index is 1.46. The van der Waals surface area contributed by atoms with Crippen LogP contribution in [0.2, 0.25) is 0 Å². The van der Waals surface area contributed by atoms with E-state index in [4.69, 9.17) is 9.47 Å². The van der Waals surface area contributed by atoms with Crippen molar-refractivity contribution in [3.8, 4) is 5.75 Å². The summed E-state index contributed by atoms with van der Waals surface area (Å²) >= 11 is 0. The third-order valence-electron chi connectivity index (χ3n) is 3.71. The lowest BCUT2D eigenvalue weighted by Gasteiger charge is -2.11. The molecule has 2 unspecified atom stereocenters. The predicted molar refractivity (Wildman–Crippen MR) is 76.5 cm³/mol. The van der Waals surface area contributed by atoms with E-state index in [9.17, 15) is 4.79 Å². The van der Waals surface area contributed by atoms with E-state index in [0.29, 0.717) is 6.61 Å². The number of aryl methyl sites for hydroxylation is 1. The molecule has 2 atom stereocenters. The molecule has 1 fully saturated rings. The number of ketones is 1. The van der Waals surface area contributed by atoms with Crippen molar-refractivity contribution in [1.82, 2.24) is 0 Å². The van der Waals surface area contributed by atoms with Crippen molar-refractivity contribution in [2.24, 2.45) is 4.99 Å². The first-order chi connectivity index (χ1) is 9.72. The van der Waals surface area contributed by atoms with E-state index in [0.717, 1.165) is 37.3 Å². The Kier molecular flexibility index (Phi) is 3.83. The number of Topliss-reactive ketones (excluding diaryl/α,β-unsaturated/α-hetero) is 1. The van der Waals surface area contributed by atoms with E-state index < -0.39 is 0 Å². The summed E-state index contributed by atoms with van der Waals surface area (Å²) in [6, 6.07) is 8.06. The summed E-state index contributed by atoms with van der Waals surface area (Å²) in [5.41, 5.74) is 2.29. The lowest BCUT2D eigenvalue weighted by atomic mass is 10.1. The Morgan fingerprint density at radius 2 is 2.15 bits per heavy atom. The van der Waals surface area contributed by atoms with Crippen LogP contribution in [-0.4, -0.2) is 36.9 Å². The highest BCUT2D eigenvalue weighted by Crippen LogP contribution is 2.21. The fraction of sp³-hybridized carbons (Fsp3) is 0.500. The number of carbonyl (C=O) groups excluding carboxylic acids is 1. The largest absolute Gasteiger partial charge is 0.488 e. The highest BCUT2D eigenvalue weighted by atomic mass is 16.5. The number of hydrogen-bond donors (Lipinski definition) is 0. The van der Waals surface area contributed by atoms with E-state index >= 15 is 0 Å². The summed E-state index contributed by atoms with van der Waals surface area (Å²) in [5, 5.41) is 0. The first-order valence-electron chi connectivity index (χ1n) is 7.13. The fourth-order valence-electron chi connectivity index (χ4n) is 2.46. The number of rotatable bonds is 6. The zero-order chi connectivity index (χ0) is 13.9. The molecule has 2 aliphatic rings. The van der Waals surface area contributed by atoms with Gasteiger partial charge >= 0.3 is 0 Å². The highest BCUT2D eigenvalue weighted by molar-refractivity contribution is 6.17. The zero-order valence-corrected chi connectivity index (χ0v) is 11.7. The molecule has 0 spiro atoms. The lowest BCUT2D eigenvalue weighted by Crippen LogP contribution is -2.15. The monoisotopic (exact) mass is 273 g/mol. The van der Waals surface area contributed by atoms with Crippen LogP contribution < -0.4 is 4.74 Å². The topological polar surface area (TPSA) is 47.9 Å². The van der Waals surface area contributed by atoms with Crippen LogP contribution in [0.4, 0.5) is 0 Å². The Hall–Kier alpha value is -1.68. The van der Waals surface area contributed by atoms with Gasteiger partial charge in [-0.2, -0.15) is 0 Å². The van der Waals surface area contributed by atoms with Gasteiger partial charge in [0, 0.05) is 12.1 Å². The van der Waals surface area contributed by atoms with Crippen molar-refractivity contribution >= 4 is 11.5 Å². The zero-order valence-electron chi connectivity index (χ0n) is 11.7. The van der Waals surface area contributed by atoms with Gasteiger partial charge in [-0.25, -0.2) is 0 Å². The molecule has 2 aliphatic heterocycles. The van der Waals surface area contributed by atoms with Gasteiger partial charge in [0.25, 0.3) is 0 Å². The molecule has 3 rings (SSSR count). The lowest BCUT2D eigenvalue weighted by molar-refractivity contribution is -0.116. The smallest absolute Gasteiger partial charge is 0.159 e. The maximum atomic E-state index is 11.1. The number of benzene rings is 1. The summed E-state index contributed by atoms with van der Waals surface area (Å²) in [7, 11) is 0. The number of hydrogen-bond acceptors (Lipinski definition) is 4. The molecular weight excluding hydrogens is 254 g/mol. The molecule has 20 heavy (non-hydrogen) atoms. The van der Waals surface area contributed by atoms with Crippen LogP contribution >= 0.6 is 0 Å². The molecule has 106 valence electrons. The molecule has 1 aromatic carbocycles. The Morgan fingerprint density at radius 1 is 1.35 bits per heavy atom. The molecule has 0 amide bonds. The van der Waals surface area contributed by atoms with Gasteiger partial charge in [0.05, 0.1) is 13.2 Å². The van der Waals surface area contributed by atoms with Crippen molar-refractivity contribution in [3.05, 3.63) is 29.8 Å². The van der Waals surface area contributed by atoms with Gasteiger partial charge in [-0.05, 0) is 37.5 Å². The van der Waals surface area contributed by atoms with Crippen LogP contribution in [-0.2, 0) is 16.0 Å². The molecule has 0 aliphatic carbocycles. The average Bonchev–Trinajstić information content (AvgIpc) is 3.06. The first-order valence-corrected chi connectivity index (χ1v) is 7.13. The molecule has 0 aromatic heterocycles. The van der Waals surface area contributed by atoms with E-state index in [1.54, 1.807) is 6.92 Å². The van der Waals surface area contributed by atoms with Crippen LogP contribution in [0, 0.1) is 0 Å². The van der Waals surface area contributed by atoms with Gasteiger partial charge in [0.2, 0.25) is 0 Å². The van der Waals surface area contributed by atoms with Crippen LogP contribution in [0.1, 0.15) is 25.3 Å². The summed E-state index contributed by atoms with van der Waals surface area (Å²) in [6.45, 7) is 3.08. The Labute approximate surface area is 118 Å². The predicted octanol–water partition coefficient (Wildman–Crippen LogP) is 2.20. The second-order valence-electron chi connectivity index (χ2n) is 5.38. The second-order valence-corrected chi connectivity index (χ2v) is 5.38. The number of nitrogens with zero attached hydrogens (tertiary/aromatic N) is 1. The summed E-state index contributed by atoms with van der Waals surface area (Å²) in [5.74, 6) is 1.05. The molecule has 2 heterocycles. The number of ether oxygens (including phenoxy) is 2. The molecule has 0 N–H and O–H groups in total. The van der Waals surface area contributed by atoms with Crippen LogP contribution in [0.15, 0.2) is 29.3 Å². The molecule has 0 bridgehead atoms. The third kappa shape index (κ3) is 3.25. The second kappa shape index (κ2) is 5.75. The molecule has 1 saturated heterocycles. The first kappa shape index (κ1) is 13.3. The van der Waals surface area contributed by atoms with Gasteiger partial charge in [-0.1, -0.05) is 12.1 Å². The van der Waals surface area contributed by atoms with Crippen LogP contribution in [0.25, 0.3) is 0 Å².